The SMILES string of the molecule is COCC(COC)N(c1ccsc1C(=O)OC)C(=O)[C@H]1CC[C@H](C)CC1. The first-order valence-corrected chi connectivity index (χ1v) is 9.88. The fourth-order valence-electron chi connectivity index (χ4n) is 3.52. The third kappa shape index (κ3) is 4.84. The van der Waals surface area contributed by atoms with Gasteiger partial charge in [0.05, 0.1) is 32.1 Å². The lowest BCUT2D eigenvalue weighted by molar-refractivity contribution is -0.124. The molecule has 146 valence electrons. The van der Waals surface area contributed by atoms with Crippen LogP contribution in [-0.4, -0.2) is 52.5 Å². The van der Waals surface area contributed by atoms with E-state index in [0.29, 0.717) is 29.7 Å². The normalized spacial score (nSPS) is 20.2. The van der Waals surface area contributed by atoms with Crippen molar-refractivity contribution in [2.24, 2.45) is 11.8 Å². The second kappa shape index (κ2) is 10.0. The Bertz CT molecular complexity index is 589. The van der Waals surface area contributed by atoms with E-state index in [1.54, 1.807) is 25.2 Å². The van der Waals surface area contributed by atoms with Gasteiger partial charge in [-0.05, 0) is 43.0 Å². The Kier molecular flexibility index (Phi) is 8.06. The van der Waals surface area contributed by atoms with Crippen molar-refractivity contribution in [1.82, 2.24) is 0 Å². The average Bonchev–Trinajstić information content (AvgIpc) is 3.11. The summed E-state index contributed by atoms with van der Waals surface area (Å²) >= 11 is 1.28. The van der Waals surface area contributed by atoms with Gasteiger partial charge in [-0.1, -0.05) is 6.92 Å². The van der Waals surface area contributed by atoms with Crippen LogP contribution in [0.4, 0.5) is 5.69 Å². The topological polar surface area (TPSA) is 65.1 Å². The van der Waals surface area contributed by atoms with Gasteiger partial charge < -0.3 is 19.1 Å². The van der Waals surface area contributed by atoms with Crippen molar-refractivity contribution in [1.29, 1.82) is 0 Å². The Morgan fingerprint density at radius 3 is 2.31 bits per heavy atom. The van der Waals surface area contributed by atoms with Gasteiger partial charge in [-0.2, -0.15) is 0 Å². The second-order valence-electron chi connectivity index (χ2n) is 6.86. The maximum absolute atomic E-state index is 13.4. The van der Waals surface area contributed by atoms with Crippen molar-refractivity contribution >= 4 is 28.9 Å². The molecular formula is C19H29NO5S. The zero-order valence-corrected chi connectivity index (χ0v) is 16.8. The van der Waals surface area contributed by atoms with E-state index in [9.17, 15) is 9.59 Å². The molecule has 0 atom stereocenters. The number of amides is 1. The molecule has 0 unspecified atom stereocenters. The molecule has 0 bridgehead atoms. The lowest BCUT2D eigenvalue weighted by Gasteiger charge is -2.35. The number of ether oxygens (including phenoxy) is 3. The van der Waals surface area contributed by atoms with Gasteiger partial charge in [-0.15, -0.1) is 11.3 Å². The van der Waals surface area contributed by atoms with Crippen LogP contribution in [0.1, 0.15) is 42.3 Å². The van der Waals surface area contributed by atoms with Crippen molar-refractivity contribution in [2.45, 2.75) is 38.6 Å². The van der Waals surface area contributed by atoms with Gasteiger partial charge in [-0.25, -0.2) is 4.79 Å². The fourth-order valence-corrected chi connectivity index (χ4v) is 4.32. The monoisotopic (exact) mass is 383 g/mol. The number of thiophene rings is 1. The van der Waals surface area contributed by atoms with Gasteiger partial charge in [-0.3, -0.25) is 4.79 Å². The molecule has 26 heavy (non-hydrogen) atoms. The Labute approximate surface area is 159 Å². The molecule has 1 fully saturated rings. The summed E-state index contributed by atoms with van der Waals surface area (Å²) in [6, 6.07) is 1.51. The molecule has 1 aliphatic rings. The van der Waals surface area contributed by atoms with E-state index < -0.39 is 5.97 Å². The van der Waals surface area contributed by atoms with Crippen LogP contribution in [0.3, 0.4) is 0 Å². The van der Waals surface area contributed by atoms with Crippen LogP contribution in [0.2, 0.25) is 0 Å². The molecule has 1 aromatic heterocycles. The molecule has 1 amide bonds. The van der Waals surface area contributed by atoms with Crippen molar-refractivity contribution < 1.29 is 23.8 Å². The van der Waals surface area contributed by atoms with Gasteiger partial charge in [0.2, 0.25) is 5.91 Å². The molecule has 0 N–H and O–H groups in total. The van der Waals surface area contributed by atoms with E-state index in [1.165, 1.54) is 18.4 Å². The molecule has 0 aliphatic heterocycles. The van der Waals surface area contributed by atoms with Crippen LogP contribution in [-0.2, 0) is 19.0 Å². The predicted octanol–water partition coefficient (Wildman–Crippen LogP) is 3.36. The minimum absolute atomic E-state index is 0.0344. The number of esters is 1. The Morgan fingerprint density at radius 1 is 1.15 bits per heavy atom. The Balaban J connectivity index is 2.37. The summed E-state index contributed by atoms with van der Waals surface area (Å²) < 4.78 is 15.6. The summed E-state index contributed by atoms with van der Waals surface area (Å²) in [5, 5.41) is 1.81. The Morgan fingerprint density at radius 2 is 1.77 bits per heavy atom. The lowest BCUT2D eigenvalue weighted by Crippen LogP contribution is -2.49. The van der Waals surface area contributed by atoms with Gasteiger partial charge >= 0.3 is 5.97 Å². The first-order chi connectivity index (χ1) is 12.5. The van der Waals surface area contributed by atoms with E-state index in [2.05, 4.69) is 6.92 Å². The molecule has 1 saturated carbocycles. The van der Waals surface area contributed by atoms with Crippen LogP contribution in [0.25, 0.3) is 0 Å². The minimum Gasteiger partial charge on any atom is -0.465 e. The summed E-state index contributed by atoms with van der Waals surface area (Å²) in [5.74, 6) is 0.235. The smallest absolute Gasteiger partial charge is 0.350 e. The first-order valence-electron chi connectivity index (χ1n) is 9.00. The van der Waals surface area contributed by atoms with E-state index in [0.717, 1.165) is 25.7 Å². The number of anilines is 1. The third-order valence-corrected chi connectivity index (χ3v) is 5.84. The molecule has 1 heterocycles. The zero-order chi connectivity index (χ0) is 19.1. The number of rotatable bonds is 8. The van der Waals surface area contributed by atoms with Crippen LogP contribution in [0.5, 0.6) is 0 Å². The van der Waals surface area contributed by atoms with Crippen molar-refractivity contribution in [2.75, 3.05) is 39.4 Å². The molecule has 2 rings (SSSR count). The molecular weight excluding hydrogens is 354 g/mol. The van der Waals surface area contributed by atoms with Gasteiger partial charge in [0.15, 0.2) is 0 Å². The van der Waals surface area contributed by atoms with Crippen LogP contribution < -0.4 is 4.90 Å². The highest BCUT2D eigenvalue weighted by atomic mass is 32.1. The molecule has 1 aromatic rings. The summed E-state index contributed by atoms with van der Waals surface area (Å²) in [6.45, 7) is 2.89. The maximum atomic E-state index is 13.4. The van der Waals surface area contributed by atoms with Crippen LogP contribution in [0, 0.1) is 11.8 Å². The van der Waals surface area contributed by atoms with Gasteiger partial charge in [0.1, 0.15) is 4.88 Å². The largest absolute Gasteiger partial charge is 0.465 e. The van der Waals surface area contributed by atoms with Crippen molar-refractivity contribution in [3.05, 3.63) is 16.3 Å². The van der Waals surface area contributed by atoms with E-state index in [1.807, 2.05) is 5.38 Å². The van der Waals surface area contributed by atoms with Crippen LogP contribution in [0.15, 0.2) is 11.4 Å². The maximum Gasteiger partial charge on any atom is 0.350 e. The molecule has 0 spiro atoms. The quantitative estimate of drug-likeness (QED) is 0.644. The van der Waals surface area contributed by atoms with E-state index >= 15 is 0 Å². The number of hydrogen-bond acceptors (Lipinski definition) is 6. The molecule has 0 saturated heterocycles. The molecule has 6 nitrogen and oxygen atoms in total. The summed E-state index contributed by atoms with van der Waals surface area (Å²) in [7, 11) is 4.55. The van der Waals surface area contributed by atoms with Crippen LogP contribution >= 0.6 is 11.3 Å². The molecule has 1 aliphatic carbocycles. The number of methoxy groups -OCH3 is 3. The van der Waals surface area contributed by atoms with Gasteiger partial charge in [0.25, 0.3) is 0 Å². The zero-order valence-electron chi connectivity index (χ0n) is 16.0. The third-order valence-electron chi connectivity index (χ3n) is 4.96. The predicted molar refractivity (Wildman–Crippen MR) is 102 cm³/mol. The standard InChI is InChI=1S/C19H29NO5S/c1-13-5-7-14(8-6-13)18(21)20(15(11-23-2)12-24-3)16-9-10-26-17(16)19(22)25-4/h9-10,13-15H,5-8,11-12H2,1-4H3/t13-,14-. The number of carbonyl (C=O) groups is 2. The summed E-state index contributed by atoms with van der Waals surface area (Å²) in [5.41, 5.74) is 0.588. The highest BCUT2D eigenvalue weighted by Crippen LogP contribution is 2.34. The molecule has 0 radical (unpaired) electrons. The van der Waals surface area contributed by atoms with Gasteiger partial charge in [0, 0.05) is 20.1 Å². The Hall–Kier alpha value is -1.44. The summed E-state index contributed by atoms with van der Waals surface area (Å²) in [4.78, 5) is 27.7. The molecule has 0 aromatic carbocycles. The molecule has 7 heteroatoms. The van der Waals surface area contributed by atoms with Crippen molar-refractivity contribution in [3.8, 4) is 0 Å². The van der Waals surface area contributed by atoms with E-state index in [-0.39, 0.29) is 17.9 Å². The minimum atomic E-state index is -0.432. The second-order valence-corrected chi connectivity index (χ2v) is 7.77. The fraction of sp³-hybridized carbons (Fsp3) is 0.684. The number of hydrogen-bond donors (Lipinski definition) is 0. The number of carbonyl (C=O) groups excluding carboxylic acids is 2. The average molecular weight is 384 g/mol. The lowest BCUT2D eigenvalue weighted by atomic mass is 9.82. The highest BCUT2D eigenvalue weighted by Gasteiger charge is 2.35. The highest BCUT2D eigenvalue weighted by molar-refractivity contribution is 7.12. The van der Waals surface area contributed by atoms with Crippen molar-refractivity contribution in [3.63, 3.8) is 0 Å². The van der Waals surface area contributed by atoms with E-state index in [4.69, 9.17) is 14.2 Å². The first kappa shape index (κ1) is 20.9. The number of nitrogens with zero attached hydrogens (tertiary/aromatic N) is 1. The summed E-state index contributed by atoms with van der Waals surface area (Å²) in [6.07, 6.45) is 3.86.